The Morgan fingerprint density at radius 2 is 1.43 bits per heavy atom. The Balaban J connectivity index is 1.25. The second kappa shape index (κ2) is 11.5. The topological polar surface area (TPSA) is 84.2 Å². The van der Waals surface area contributed by atoms with Crippen molar-refractivity contribution in [1.82, 2.24) is 9.47 Å². The standard InChI is InChI=1S/C38H33N3O5/c42-29-15-13-28(14-16-29)41(27-10-2-1-3-11-27)38(44)32-20-34(40-18-7-6-12-33(32)40)30-21-35-36(46-24-45-35)22-31(30)37(43)39-19-17-25-8-4-5-9-26(25)23-39/h1-5,8-11,13-16,20-22,42H,6-7,12,17-19,23-24H2. The molecule has 0 unspecified atom stereocenters. The van der Waals surface area contributed by atoms with Crippen LogP contribution in [0.5, 0.6) is 17.2 Å². The number of aromatic nitrogens is 1. The van der Waals surface area contributed by atoms with E-state index in [1.165, 1.54) is 5.56 Å². The third-order valence-corrected chi connectivity index (χ3v) is 9.25. The van der Waals surface area contributed by atoms with Crippen molar-refractivity contribution in [3.8, 4) is 28.5 Å². The Morgan fingerprint density at radius 1 is 0.717 bits per heavy atom. The molecule has 0 bridgehead atoms. The molecule has 3 aliphatic heterocycles. The zero-order valence-corrected chi connectivity index (χ0v) is 25.3. The van der Waals surface area contributed by atoms with E-state index in [0.29, 0.717) is 41.4 Å². The first kappa shape index (κ1) is 28.0. The monoisotopic (exact) mass is 611 g/mol. The van der Waals surface area contributed by atoms with Crippen molar-refractivity contribution in [2.75, 3.05) is 18.2 Å². The van der Waals surface area contributed by atoms with Crippen LogP contribution in [0.25, 0.3) is 11.3 Å². The van der Waals surface area contributed by atoms with Gasteiger partial charge in [0, 0.05) is 48.0 Å². The molecule has 230 valence electrons. The van der Waals surface area contributed by atoms with Crippen LogP contribution >= 0.6 is 0 Å². The number of anilines is 2. The van der Waals surface area contributed by atoms with Crippen molar-refractivity contribution in [3.05, 3.63) is 125 Å². The van der Waals surface area contributed by atoms with Crippen LogP contribution in [0, 0.1) is 0 Å². The normalized spacial score (nSPS) is 14.8. The van der Waals surface area contributed by atoms with Crippen LogP contribution in [0.3, 0.4) is 0 Å². The number of aromatic hydroxyl groups is 1. The third kappa shape index (κ3) is 4.86. The molecule has 46 heavy (non-hydrogen) atoms. The number of carbonyl (C=O) groups excluding carboxylic acids is 2. The predicted molar refractivity (Wildman–Crippen MR) is 175 cm³/mol. The maximum atomic E-state index is 14.6. The molecule has 1 aromatic heterocycles. The second-order valence-corrected chi connectivity index (χ2v) is 12.0. The Morgan fingerprint density at radius 3 is 2.24 bits per heavy atom. The van der Waals surface area contributed by atoms with Gasteiger partial charge in [-0.3, -0.25) is 14.5 Å². The van der Waals surface area contributed by atoms with Crippen molar-refractivity contribution in [2.45, 2.75) is 38.8 Å². The Bertz CT molecular complexity index is 1960. The van der Waals surface area contributed by atoms with Crippen LogP contribution in [-0.2, 0) is 25.9 Å². The Kier molecular flexibility index (Phi) is 6.97. The lowest BCUT2D eigenvalue weighted by Crippen LogP contribution is -2.36. The minimum absolute atomic E-state index is 0.0722. The molecule has 0 spiro atoms. The molecule has 4 heterocycles. The first-order valence-electron chi connectivity index (χ1n) is 15.8. The van der Waals surface area contributed by atoms with Crippen LogP contribution in [0.4, 0.5) is 11.4 Å². The predicted octanol–water partition coefficient (Wildman–Crippen LogP) is 7.10. The van der Waals surface area contributed by atoms with E-state index in [1.54, 1.807) is 35.2 Å². The zero-order valence-electron chi connectivity index (χ0n) is 25.3. The minimum Gasteiger partial charge on any atom is -0.508 e. The average molecular weight is 612 g/mol. The number of benzene rings is 4. The summed E-state index contributed by atoms with van der Waals surface area (Å²) in [6.45, 7) is 2.00. The SMILES string of the molecule is O=C(c1cc2c(cc1-c1cc(C(=O)N(c3ccccc3)c3ccc(O)cc3)c3n1CCCC3)OCO2)N1CCc2ccccc2C1. The summed E-state index contributed by atoms with van der Waals surface area (Å²) in [6, 6.07) is 30.1. The van der Waals surface area contributed by atoms with Crippen LogP contribution in [0.2, 0.25) is 0 Å². The largest absolute Gasteiger partial charge is 0.508 e. The lowest BCUT2D eigenvalue weighted by molar-refractivity contribution is 0.0735. The fourth-order valence-corrected chi connectivity index (χ4v) is 6.94. The first-order valence-corrected chi connectivity index (χ1v) is 15.8. The van der Waals surface area contributed by atoms with E-state index >= 15 is 0 Å². The number of hydrogen-bond donors (Lipinski definition) is 1. The highest BCUT2D eigenvalue weighted by Gasteiger charge is 2.32. The summed E-state index contributed by atoms with van der Waals surface area (Å²) in [5.74, 6) is 1.02. The van der Waals surface area contributed by atoms with E-state index < -0.39 is 0 Å². The maximum absolute atomic E-state index is 14.6. The molecule has 8 nitrogen and oxygen atoms in total. The molecular formula is C38H33N3O5. The van der Waals surface area contributed by atoms with E-state index in [-0.39, 0.29) is 24.4 Å². The van der Waals surface area contributed by atoms with Crippen molar-refractivity contribution >= 4 is 23.2 Å². The van der Waals surface area contributed by atoms with Gasteiger partial charge in [-0.25, -0.2) is 0 Å². The maximum Gasteiger partial charge on any atom is 0.264 e. The molecule has 5 aromatic rings. The number of phenols is 1. The average Bonchev–Trinajstić information content (AvgIpc) is 3.73. The van der Waals surface area contributed by atoms with Crippen molar-refractivity contribution < 1.29 is 24.2 Å². The lowest BCUT2D eigenvalue weighted by atomic mass is 9.97. The van der Waals surface area contributed by atoms with Crippen LogP contribution < -0.4 is 14.4 Å². The highest BCUT2D eigenvalue weighted by atomic mass is 16.7. The number of nitrogens with zero attached hydrogens (tertiary/aromatic N) is 3. The van der Waals surface area contributed by atoms with Gasteiger partial charge in [-0.05, 0) is 91.4 Å². The number of phenolic OH excluding ortho intramolecular Hbond substituents is 1. The molecule has 0 saturated heterocycles. The molecule has 3 aliphatic rings. The lowest BCUT2D eigenvalue weighted by Gasteiger charge is -2.30. The number of rotatable bonds is 5. The molecule has 8 rings (SSSR count). The Labute approximate surface area is 267 Å². The van der Waals surface area contributed by atoms with Gasteiger partial charge in [0.2, 0.25) is 6.79 Å². The van der Waals surface area contributed by atoms with E-state index in [4.69, 9.17) is 9.47 Å². The van der Waals surface area contributed by atoms with E-state index in [2.05, 4.69) is 16.7 Å². The van der Waals surface area contributed by atoms with Gasteiger partial charge in [0.05, 0.1) is 11.1 Å². The summed E-state index contributed by atoms with van der Waals surface area (Å²) in [5.41, 5.74) is 7.43. The molecule has 0 aliphatic carbocycles. The molecule has 8 heteroatoms. The molecule has 0 atom stereocenters. The number of fused-ring (bicyclic) bond motifs is 3. The van der Waals surface area contributed by atoms with E-state index in [0.717, 1.165) is 60.4 Å². The van der Waals surface area contributed by atoms with Gasteiger partial charge >= 0.3 is 0 Å². The van der Waals surface area contributed by atoms with Gasteiger partial charge in [0.15, 0.2) is 11.5 Å². The van der Waals surface area contributed by atoms with Crippen LogP contribution in [-0.4, -0.2) is 39.7 Å². The summed E-state index contributed by atoms with van der Waals surface area (Å²) in [4.78, 5) is 32.6. The molecular weight excluding hydrogens is 578 g/mol. The third-order valence-electron chi connectivity index (χ3n) is 9.25. The Hall–Kier alpha value is -5.50. The van der Waals surface area contributed by atoms with Crippen LogP contribution in [0.15, 0.2) is 97.1 Å². The van der Waals surface area contributed by atoms with Crippen LogP contribution in [0.1, 0.15) is 50.4 Å². The minimum atomic E-state index is -0.171. The molecule has 0 saturated carbocycles. The summed E-state index contributed by atoms with van der Waals surface area (Å²) in [7, 11) is 0. The second-order valence-electron chi connectivity index (χ2n) is 12.0. The highest BCUT2D eigenvalue weighted by molar-refractivity contribution is 6.12. The first-order chi connectivity index (χ1) is 22.5. The molecule has 0 radical (unpaired) electrons. The zero-order chi connectivity index (χ0) is 31.2. The van der Waals surface area contributed by atoms with Gasteiger partial charge < -0.3 is 24.0 Å². The number of amides is 2. The number of ether oxygens (including phenoxy) is 2. The molecule has 2 amide bonds. The number of carbonyl (C=O) groups is 2. The van der Waals surface area contributed by atoms with Gasteiger partial charge in [-0.1, -0.05) is 42.5 Å². The summed E-state index contributed by atoms with van der Waals surface area (Å²) in [5, 5.41) is 9.98. The molecule has 0 fully saturated rings. The summed E-state index contributed by atoms with van der Waals surface area (Å²) in [6.07, 6.45) is 3.48. The van der Waals surface area contributed by atoms with Gasteiger partial charge in [0.1, 0.15) is 5.75 Å². The van der Waals surface area contributed by atoms with Crippen molar-refractivity contribution in [2.24, 2.45) is 0 Å². The smallest absolute Gasteiger partial charge is 0.264 e. The molecule has 4 aromatic carbocycles. The molecule has 1 N–H and O–H groups in total. The van der Waals surface area contributed by atoms with Crippen molar-refractivity contribution in [3.63, 3.8) is 0 Å². The fourth-order valence-electron chi connectivity index (χ4n) is 6.94. The van der Waals surface area contributed by atoms with Gasteiger partial charge in [0.25, 0.3) is 11.8 Å². The number of hydrogen-bond acceptors (Lipinski definition) is 5. The van der Waals surface area contributed by atoms with Gasteiger partial charge in [-0.2, -0.15) is 0 Å². The number of para-hydroxylation sites is 1. The van der Waals surface area contributed by atoms with E-state index in [1.807, 2.05) is 59.5 Å². The summed E-state index contributed by atoms with van der Waals surface area (Å²) >= 11 is 0. The summed E-state index contributed by atoms with van der Waals surface area (Å²) < 4.78 is 13.7. The van der Waals surface area contributed by atoms with Crippen molar-refractivity contribution in [1.29, 1.82) is 0 Å². The quantitative estimate of drug-likeness (QED) is 0.229. The van der Waals surface area contributed by atoms with Gasteiger partial charge in [-0.15, -0.1) is 0 Å². The van der Waals surface area contributed by atoms with E-state index in [9.17, 15) is 14.7 Å². The fraction of sp³-hybridized carbons (Fsp3) is 0.211. The highest BCUT2D eigenvalue weighted by Crippen LogP contribution is 2.42.